The quantitative estimate of drug-likeness (QED) is 0.355. The first-order valence-corrected chi connectivity index (χ1v) is 8.42. The third kappa shape index (κ3) is 4.40. The van der Waals surface area contributed by atoms with Gasteiger partial charge < -0.3 is 9.47 Å². The second-order valence-electron chi connectivity index (χ2n) is 4.64. The third-order valence-electron chi connectivity index (χ3n) is 3.13. The average Bonchev–Trinajstić information content (AvgIpc) is 2.55. The molecule has 23 heavy (non-hydrogen) atoms. The van der Waals surface area contributed by atoms with Gasteiger partial charge in [-0.15, -0.1) is 0 Å². The Morgan fingerprint density at radius 2 is 2.00 bits per heavy atom. The van der Waals surface area contributed by atoms with Gasteiger partial charge in [-0.05, 0) is 71.0 Å². The van der Waals surface area contributed by atoms with Gasteiger partial charge in [0.2, 0.25) is 0 Å². The maximum atomic E-state index is 9.44. The van der Waals surface area contributed by atoms with Crippen molar-refractivity contribution in [3.63, 3.8) is 0 Å². The van der Waals surface area contributed by atoms with E-state index >= 15 is 0 Å². The molecule has 5 heteroatoms. The van der Waals surface area contributed by atoms with E-state index in [-0.39, 0.29) is 0 Å². The van der Waals surface area contributed by atoms with E-state index < -0.39 is 0 Å². The lowest BCUT2D eigenvalue weighted by molar-refractivity contribution is 0.308. The molecule has 3 nitrogen and oxygen atoms in total. The smallest absolute Gasteiger partial charge is 0.174 e. The predicted octanol–water partition coefficient (Wildman–Crippen LogP) is 5.42. The van der Waals surface area contributed by atoms with Crippen molar-refractivity contribution in [3.8, 4) is 17.6 Å². The standard InChI is InChI=1S/C18H15ClINO2/c1-3-23-18-16(20)9-12(10-17(18)22-2)8-14(11-21)13-4-6-15(19)7-5-13/h4-10H,3H2,1-2H3/b14-8-. The van der Waals surface area contributed by atoms with Crippen molar-refractivity contribution in [1.82, 2.24) is 0 Å². The summed E-state index contributed by atoms with van der Waals surface area (Å²) >= 11 is 8.09. The average molecular weight is 440 g/mol. The minimum Gasteiger partial charge on any atom is -0.493 e. The summed E-state index contributed by atoms with van der Waals surface area (Å²) in [4.78, 5) is 0. The summed E-state index contributed by atoms with van der Waals surface area (Å²) in [6.45, 7) is 2.49. The Hall–Kier alpha value is -1.71. The zero-order valence-corrected chi connectivity index (χ0v) is 15.7. The van der Waals surface area contributed by atoms with Gasteiger partial charge in [-0.25, -0.2) is 0 Å². The molecule has 2 rings (SSSR count). The van der Waals surface area contributed by atoms with Crippen LogP contribution in [0, 0.1) is 14.9 Å². The van der Waals surface area contributed by atoms with Crippen LogP contribution in [-0.4, -0.2) is 13.7 Å². The summed E-state index contributed by atoms with van der Waals surface area (Å²) in [5.74, 6) is 1.37. The van der Waals surface area contributed by atoms with Gasteiger partial charge in [0.05, 0.1) is 28.9 Å². The fourth-order valence-electron chi connectivity index (χ4n) is 2.08. The highest BCUT2D eigenvalue weighted by atomic mass is 127. The second kappa shape index (κ2) is 8.23. The third-order valence-corrected chi connectivity index (χ3v) is 4.18. The molecule has 0 aliphatic rings. The van der Waals surface area contributed by atoms with Crippen LogP contribution in [0.5, 0.6) is 11.5 Å². The molecule has 0 fully saturated rings. The number of nitrogens with zero attached hydrogens (tertiary/aromatic N) is 1. The van der Waals surface area contributed by atoms with Gasteiger partial charge in [0.25, 0.3) is 0 Å². The van der Waals surface area contributed by atoms with Crippen LogP contribution in [-0.2, 0) is 0 Å². The van der Waals surface area contributed by atoms with Gasteiger partial charge >= 0.3 is 0 Å². The maximum absolute atomic E-state index is 9.44. The molecule has 0 unspecified atom stereocenters. The summed E-state index contributed by atoms with van der Waals surface area (Å²) < 4.78 is 11.9. The number of ether oxygens (including phenoxy) is 2. The van der Waals surface area contributed by atoms with Crippen LogP contribution in [0.25, 0.3) is 11.6 Å². The number of nitriles is 1. The number of hydrogen-bond acceptors (Lipinski definition) is 3. The van der Waals surface area contributed by atoms with Crippen molar-refractivity contribution in [2.24, 2.45) is 0 Å². The number of benzene rings is 2. The Kier molecular flexibility index (Phi) is 6.31. The molecule has 0 aliphatic heterocycles. The van der Waals surface area contributed by atoms with Crippen molar-refractivity contribution in [2.75, 3.05) is 13.7 Å². The van der Waals surface area contributed by atoms with Crippen molar-refractivity contribution in [2.45, 2.75) is 6.92 Å². The zero-order valence-electron chi connectivity index (χ0n) is 12.8. The molecule has 0 bridgehead atoms. The van der Waals surface area contributed by atoms with Crippen molar-refractivity contribution in [3.05, 3.63) is 56.1 Å². The normalized spacial score (nSPS) is 11.0. The number of methoxy groups -OCH3 is 1. The Labute approximate surface area is 154 Å². The monoisotopic (exact) mass is 439 g/mol. The lowest BCUT2D eigenvalue weighted by Gasteiger charge is -2.12. The van der Waals surface area contributed by atoms with Crippen molar-refractivity contribution < 1.29 is 9.47 Å². The topological polar surface area (TPSA) is 42.2 Å². The molecule has 0 aromatic heterocycles. The van der Waals surface area contributed by atoms with Crippen LogP contribution >= 0.6 is 34.2 Å². The van der Waals surface area contributed by atoms with Gasteiger partial charge in [0.1, 0.15) is 0 Å². The van der Waals surface area contributed by atoms with Crippen LogP contribution < -0.4 is 9.47 Å². The Morgan fingerprint density at radius 3 is 2.57 bits per heavy atom. The largest absolute Gasteiger partial charge is 0.493 e. The van der Waals surface area contributed by atoms with Crippen LogP contribution in [0.4, 0.5) is 0 Å². The fraction of sp³-hybridized carbons (Fsp3) is 0.167. The minimum absolute atomic E-state index is 0.559. The molecule has 2 aromatic carbocycles. The molecule has 0 heterocycles. The number of hydrogen-bond donors (Lipinski definition) is 0. The minimum atomic E-state index is 0.559. The molecule has 0 radical (unpaired) electrons. The molecule has 0 N–H and O–H groups in total. The van der Waals surface area contributed by atoms with Gasteiger partial charge in [0, 0.05) is 5.02 Å². The molecule has 0 amide bonds. The van der Waals surface area contributed by atoms with Gasteiger partial charge in [-0.2, -0.15) is 5.26 Å². The lowest BCUT2D eigenvalue weighted by atomic mass is 10.0. The summed E-state index contributed by atoms with van der Waals surface area (Å²) in [7, 11) is 1.60. The van der Waals surface area contributed by atoms with E-state index in [1.54, 1.807) is 19.2 Å². The van der Waals surface area contributed by atoms with E-state index in [2.05, 4.69) is 28.7 Å². The van der Waals surface area contributed by atoms with E-state index in [0.717, 1.165) is 20.4 Å². The van der Waals surface area contributed by atoms with Gasteiger partial charge in [-0.3, -0.25) is 0 Å². The van der Waals surface area contributed by atoms with E-state index in [0.29, 0.717) is 23.0 Å². The first kappa shape index (κ1) is 17.6. The Bertz CT molecular complexity index is 764. The highest BCUT2D eigenvalue weighted by Crippen LogP contribution is 2.35. The summed E-state index contributed by atoms with van der Waals surface area (Å²) in [5.41, 5.74) is 2.25. The molecular weight excluding hydrogens is 425 g/mol. The second-order valence-corrected chi connectivity index (χ2v) is 6.24. The summed E-state index contributed by atoms with van der Waals surface area (Å²) in [6.07, 6.45) is 1.82. The SMILES string of the molecule is CCOc1c(I)cc(/C=C(/C#N)c2ccc(Cl)cc2)cc1OC. The molecular formula is C18H15ClINO2. The zero-order chi connectivity index (χ0) is 16.8. The van der Waals surface area contributed by atoms with Crippen LogP contribution in [0.15, 0.2) is 36.4 Å². The molecule has 0 spiro atoms. The van der Waals surface area contributed by atoms with E-state index in [1.165, 1.54) is 0 Å². The highest BCUT2D eigenvalue weighted by Gasteiger charge is 2.11. The number of halogens is 2. The molecule has 2 aromatic rings. The van der Waals surface area contributed by atoms with Crippen molar-refractivity contribution in [1.29, 1.82) is 5.26 Å². The fourth-order valence-corrected chi connectivity index (χ4v) is 2.99. The summed E-state index contributed by atoms with van der Waals surface area (Å²) in [5, 5.41) is 10.1. The number of rotatable bonds is 5. The Morgan fingerprint density at radius 1 is 1.30 bits per heavy atom. The van der Waals surface area contributed by atoms with Crippen LogP contribution in [0.1, 0.15) is 18.1 Å². The highest BCUT2D eigenvalue weighted by molar-refractivity contribution is 14.1. The van der Waals surface area contributed by atoms with Gasteiger partial charge in [-0.1, -0.05) is 23.7 Å². The molecule has 0 atom stereocenters. The molecule has 0 saturated heterocycles. The van der Waals surface area contributed by atoms with Crippen LogP contribution in [0.2, 0.25) is 5.02 Å². The van der Waals surface area contributed by atoms with E-state index in [9.17, 15) is 5.26 Å². The first-order valence-electron chi connectivity index (χ1n) is 6.97. The Balaban J connectivity index is 2.46. The first-order chi connectivity index (χ1) is 11.1. The van der Waals surface area contributed by atoms with Gasteiger partial charge in [0.15, 0.2) is 11.5 Å². The lowest BCUT2D eigenvalue weighted by Crippen LogP contribution is -1.98. The molecule has 0 saturated carbocycles. The van der Waals surface area contributed by atoms with E-state index in [1.807, 2.05) is 37.3 Å². The van der Waals surface area contributed by atoms with Crippen molar-refractivity contribution >= 4 is 45.8 Å². The predicted molar refractivity (Wildman–Crippen MR) is 102 cm³/mol. The molecule has 0 aliphatic carbocycles. The summed E-state index contributed by atoms with van der Waals surface area (Å²) in [6, 6.07) is 13.2. The number of allylic oxidation sites excluding steroid dienone is 1. The molecule has 118 valence electrons. The van der Waals surface area contributed by atoms with E-state index in [4.69, 9.17) is 21.1 Å². The van der Waals surface area contributed by atoms with Crippen LogP contribution in [0.3, 0.4) is 0 Å². The maximum Gasteiger partial charge on any atom is 0.174 e.